The monoisotopic (exact) mass is 283 g/mol. The van der Waals surface area contributed by atoms with E-state index in [4.69, 9.17) is 9.47 Å². The van der Waals surface area contributed by atoms with Crippen LogP contribution in [0.1, 0.15) is 46.0 Å². The minimum absolute atomic E-state index is 0.0230. The van der Waals surface area contributed by atoms with Crippen molar-refractivity contribution in [2.24, 2.45) is 5.92 Å². The number of likely N-dealkylation sites (tertiary alicyclic amines) is 1. The lowest BCUT2D eigenvalue weighted by molar-refractivity contribution is -0.160. The summed E-state index contributed by atoms with van der Waals surface area (Å²) in [5.41, 5.74) is 0. The van der Waals surface area contributed by atoms with E-state index >= 15 is 0 Å². The van der Waals surface area contributed by atoms with Crippen molar-refractivity contribution < 1.29 is 19.1 Å². The zero-order valence-electron chi connectivity index (χ0n) is 12.5. The smallest absolute Gasteiger partial charge is 0.329 e. The number of esters is 1. The minimum atomic E-state index is -0.450. The van der Waals surface area contributed by atoms with Gasteiger partial charge in [0.25, 0.3) is 0 Å². The second-order valence-electron chi connectivity index (χ2n) is 6.00. The Balaban J connectivity index is 1.88. The molecule has 0 aromatic rings. The second-order valence-corrected chi connectivity index (χ2v) is 6.00. The van der Waals surface area contributed by atoms with Gasteiger partial charge in [-0.2, -0.15) is 0 Å². The molecule has 0 saturated carbocycles. The SMILES string of the molecule is CC(C)[C@@H](C(=O)OC[C@H]1CCCCO1)N1CCCC1=O. The zero-order chi connectivity index (χ0) is 14.5. The van der Waals surface area contributed by atoms with Crippen molar-refractivity contribution in [3.63, 3.8) is 0 Å². The molecule has 0 radical (unpaired) electrons. The third kappa shape index (κ3) is 3.72. The lowest BCUT2D eigenvalue weighted by Crippen LogP contribution is -2.46. The number of carbonyl (C=O) groups excluding carboxylic acids is 2. The van der Waals surface area contributed by atoms with Gasteiger partial charge in [-0.05, 0) is 31.6 Å². The molecule has 2 aliphatic rings. The summed E-state index contributed by atoms with van der Waals surface area (Å²) >= 11 is 0. The van der Waals surface area contributed by atoms with Crippen LogP contribution in [0.3, 0.4) is 0 Å². The van der Waals surface area contributed by atoms with E-state index in [0.717, 1.165) is 32.3 Å². The van der Waals surface area contributed by atoms with Crippen LogP contribution >= 0.6 is 0 Å². The Morgan fingerprint density at radius 3 is 2.75 bits per heavy atom. The minimum Gasteiger partial charge on any atom is -0.461 e. The van der Waals surface area contributed by atoms with Crippen LogP contribution in [-0.4, -0.2) is 48.7 Å². The Morgan fingerprint density at radius 2 is 2.20 bits per heavy atom. The predicted molar refractivity (Wildman–Crippen MR) is 74.1 cm³/mol. The van der Waals surface area contributed by atoms with Crippen molar-refractivity contribution in [3.05, 3.63) is 0 Å². The summed E-state index contributed by atoms with van der Waals surface area (Å²) in [6.45, 7) is 5.63. The van der Waals surface area contributed by atoms with Crippen LogP contribution in [0.2, 0.25) is 0 Å². The number of rotatable bonds is 5. The third-order valence-electron chi connectivity index (χ3n) is 4.00. The van der Waals surface area contributed by atoms with E-state index in [9.17, 15) is 9.59 Å². The molecule has 2 rings (SSSR count). The maximum absolute atomic E-state index is 12.3. The van der Waals surface area contributed by atoms with Gasteiger partial charge < -0.3 is 14.4 Å². The molecular weight excluding hydrogens is 258 g/mol. The number of carbonyl (C=O) groups is 2. The maximum Gasteiger partial charge on any atom is 0.329 e. The largest absolute Gasteiger partial charge is 0.461 e. The summed E-state index contributed by atoms with van der Waals surface area (Å²) < 4.78 is 11.0. The fourth-order valence-electron chi connectivity index (χ4n) is 2.92. The van der Waals surface area contributed by atoms with E-state index < -0.39 is 6.04 Å². The Labute approximate surface area is 120 Å². The number of nitrogens with zero attached hydrogens (tertiary/aromatic N) is 1. The Bertz CT molecular complexity index is 350. The third-order valence-corrected chi connectivity index (χ3v) is 4.00. The molecule has 2 atom stereocenters. The molecule has 0 N–H and O–H groups in total. The highest BCUT2D eigenvalue weighted by Gasteiger charge is 2.36. The lowest BCUT2D eigenvalue weighted by atomic mass is 10.0. The molecule has 2 fully saturated rings. The van der Waals surface area contributed by atoms with Crippen molar-refractivity contribution in [1.82, 2.24) is 4.90 Å². The zero-order valence-corrected chi connectivity index (χ0v) is 12.5. The standard InChI is InChI=1S/C15H25NO4/c1-11(2)14(16-8-5-7-13(16)17)15(18)20-10-12-6-3-4-9-19-12/h11-12,14H,3-10H2,1-2H3/t12-,14+/m1/s1. The molecule has 0 aromatic carbocycles. The highest BCUT2D eigenvalue weighted by molar-refractivity contribution is 5.86. The Hall–Kier alpha value is -1.10. The summed E-state index contributed by atoms with van der Waals surface area (Å²) in [6.07, 6.45) is 4.56. The van der Waals surface area contributed by atoms with E-state index in [-0.39, 0.29) is 23.9 Å². The normalized spacial score (nSPS) is 25.1. The average Bonchev–Trinajstić information content (AvgIpc) is 2.84. The Morgan fingerprint density at radius 1 is 1.40 bits per heavy atom. The highest BCUT2D eigenvalue weighted by atomic mass is 16.6. The van der Waals surface area contributed by atoms with Crippen LogP contribution in [0, 0.1) is 5.92 Å². The van der Waals surface area contributed by atoms with Crippen molar-refractivity contribution in [2.75, 3.05) is 19.8 Å². The first-order valence-electron chi connectivity index (χ1n) is 7.67. The molecule has 5 heteroatoms. The molecule has 2 aliphatic heterocycles. The van der Waals surface area contributed by atoms with Gasteiger partial charge in [-0.25, -0.2) is 4.79 Å². The molecule has 5 nitrogen and oxygen atoms in total. The quantitative estimate of drug-likeness (QED) is 0.721. The topological polar surface area (TPSA) is 55.8 Å². The van der Waals surface area contributed by atoms with Gasteiger partial charge in [-0.1, -0.05) is 13.8 Å². The molecule has 0 aliphatic carbocycles. The van der Waals surface area contributed by atoms with Crippen molar-refractivity contribution in [3.8, 4) is 0 Å². The molecule has 2 heterocycles. The number of hydrogen-bond acceptors (Lipinski definition) is 4. The van der Waals surface area contributed by atoms with Crippen LogP contribution in [0.25, 0.3) is 0 Å². The molecule has 20 heavy (non-hydrogen) atoms. The number of hydrogen-bond donors (Lipinski definition) is 0. The van der Waals surface area contributed by atoms with Gasteiger partial charge >= 0.3 is 5.97 Å². The van der Waals surface area contributed by atoms with E-state index in [2.05, 4.69) is 0 Å². The molecule has 0 spiro atoms. The van der Waals surface area contributed by atoms with Gasteiger partial charge in [0, 0.05) is 19.6 Å². The first-order valence-corrected chi connectivity index (χ1v) is 7.67. The summed E-state index contributed by atoms with van der Waals surface area (Å²) in [7, 11) is 0. The van der Waals surface area contributed by atoms with E-state index in [1.807, 2.05) is 13.8 Å². The first kappa shape index (κ1) is 15.3. The van der Waals surface area contributed by atoms with E-state index in [1.165, 1.54) is 0 Å². The fraction of sp³-hybridized carbons (Fsp3) is 0.867. The van der Waals surface area contributed by atoms with E-state index in [1.54, 1.807) is 4.90 Å². The van der Waals surface area contributed by atoms with Crippen molar-refractivity contribution in [2.45, 2.75) is 58.1 Å². The van der Waals surface area contributed by atoms with Gasteiger partial charge in [0.05, 0.1) is 6.10 Å². The number of amides is 1. The summed E-state index contributed by atoms with van der Waals surface area (Å²) in [6, 6.07) is -0.450. The highest BCUT2D eigenvalue weighted by Crippen LogP contribution is 2.21. The second kappa shape index (κ2) is 7.07. The van der Waals surface area contributed by atoms with Crippen LogP contribution in [0.15, 0.2) is 0 Å². The molecule has 1 amide bonds. The maximum atomic E-state index is 12.3. The van der Waals surface area contributed by atoms with Gasteiger partial charge in [-0.3, -0.25) is 4.79 Å². The number of ether oxygens (including phenoxy) is 2. The van der Waals surface area contributed by atoms with Crippen LogP contribution in [0.5, 0.6) is 0 Å². The molecule has 0 aromatic heterocycles. The van der Waals surface area contributed by atoms with Crippen LogP contribution in [0.4, 0.5) is 0 Å². The molecule has 0 unspecified atom stereocenters. The van der Waals surface area contributed by atoms with Gasteiger partial charge in [-0.15, -0.1) is 0 Å². The first-order chi connectivity index (χ1) is 9.59. The van der Waals surface area contributed by atoms with Crippen LogP contribution < -0.4 is 0 Å². The average molecular weight is 283 g/mol. The van der Waals surface area contributed by atoms with Crippen molar-refractivity contribution in [1.29, 1.82) is 0 Å². The predicted octanol–water partition coefficient (Wildman–Crippen LogP) is 1.75. The van der Waals surface area contributed by atoms with Gasteiger partial charge in [0.1, 0.15) is 12.6 Å². The Kier molecular flexibility index (Phi) is 5.40. The summed E-state index contributed by atoms with van der Waals surface area (Å²) in [5, 5.41) is 0. The van der Waals surface area contributed by atoms with Crippen molar-refractivity contribution >= 4 is 11.9 Å². The summed E-state index contributed by atoms with van der Waals surface area (Å²) in [4.78, 5) is 25.8. The summed E-state index contributed by atoms with van der Waals surface area (Å²) in [5.74, 6) is -0.157. The van der Waals surface area contributed by atoms with Crippen LogP contribution in [-0.2, 0) is 19.1 Å². The molecular formula is C15H25NO4. The van der Waals surface area contributed by atoms with Gasteiger partial charge in [0.15, 0.2) is 0 Å². The molecule has 2 saturated heterocycles. The van der Waals surface area contributed by atoms with Gasteiger partial charge in [0.2, 0.25) is 5.91 Å². The molecule has 0 bridgehead atoms. The fourth-order valence-corrected chi connectivity index (χ4v) is 2.92. The lowest BCUT2D eigenvalue weighted by Gasteiger charge is -2.30. The van der Waals surface area contributed by atoms with E-state index in [0.29, 0.717) is 19.6 Å². The molecule has 114 valence electrons.